The fraction of sp³-hybridized carbons (Fsp3) is 0.100. The predicted molar refractivity (Wildman–Crippen MR) is 99.1 cm³/mol. The second-order valence-electron chi connectivity index (χ2n) is 6.39. The predicted octanol–water partition coefficient (Wildman–Crippen LogP) is 4.81. The monoisotopic (exact) mass is 320 g/mol. The van der Waals surface area contributed by atoms with Gasteiger partial charge in [0.15, 0.2) is 0 Å². The van der Waals surface area contributed by atoms with E-state index < -0.39 is 8.07 Å². The smallest absolute Gasteiger partial charge is 0.0830 e. The summed E-state index contributed by atoms with van der Waals surface area (Å²) in [5.41, 5.74) is 4.90. The van der Waals surface area contributed by atoms with E-state index >= 15 is 0 Å². The standard InChI is InChI=1S/C20H17ClSi/c1-22(2)17-11-7-6-10-16(17)19-18(22)13-12-15(20(19)21)14-8-4-3-5-9-14/h3-13H,1-2H3. The minimum absolute atomic E-state index is 0.897. The Morgan fingerprint density at radius 3 is 2.14 bits per heavy atom. The normalized spacial score (nSPS) is 14.5. The van der Waals surface area contributed by atoms with E-state index in [2.05, 4.69) is 73.8 Å². The Labute approximate surface area is 137 Å². The molecule has 0 aromatic heterocycles. The molecule has 0 aliphatic carbocycles. The molecule has 1 aliphatic heterocycles. The van der Waals surface area contributed by atoms with E-state index in [-0.39, 0.29) is 0 Å². The highest BCUT2D eigenvalue weighted by Gasteiger charge is 2.38. The maximum atomic E-state index is 6.87. The van der Waals surface area contributed by atoms with Crippen molar-refractivity contribution in [3.8, 4) is 22.3 Å². The Morgan fingerprint density at radius 1 is 0.682 bits per heavy atom. The van der Waals surface area contributed by atoms with Gasteiger partial charge in [-0.15, -0.1) is 0 Å². The third kappa shape index (κ3) is 1.82. The Bertz CT molecular complexity index is 866. The molecule has 108 valence electrons. The van der Waals surface area contributed by atoms with Crippen LogP contribution in [0.25, 0.3) is 22.3 Å². The number of hydrogen-bond acceptors (Lipinski definition) is 0. The lowest BCUT2D eigenvalue weighted by Gasteiger charge is -2.19. The molecule has 0 unspecified atom stereocenters. The Hall–Kier alpha value is -1.83. The van der Waals surface area contributed by atoms with Crippen LogP contribution in [-0.4, -0.2) is 8.07 Å². The highest BCUT2D eigenvalue weighted by atomic mass is 35.5. The van der Waals surface area contributed by atoms with Crippen LogP contribution >= 0.6 is 11.6 Å². The number of halogens is 1. The van der Waals surface area contributed by atoms with Crippen molar-refractivity contribution in [2.75, 3.05) is 0 Å². The number of fused-ring (bicyclic) bond motifs is 3. The van der Waals surface area contributed by atoms with Crippen LogP contribution in [0.5, 0.6) is 0 Å². The summed E-state index contributed by atoms with van der Waals surface area (Å²) in [6, 6.07) is 23.7. The van der Waals surface area contributed by atoms with Crippen molar-refractivity contribution in [1.29, 1.82) is 0 Å². The molecule has 0 spiro atoms. The average Bonchev–Trinajstić information content (AvgIpc) is 2.78. The van der Waals surface area contributed by atoms with E-state index in [1.54, 1.807) is 0 Å². The van der Waals surface area contributed by atoms with Gasteiger partial charge in [0, 0.05) is 11.1 Å². The van der Waals surface area contributed by atoms with E-state index in [9.17, 15) is 0 Å². The van der Waals surface area contributed by atoms with Gasteiger partial charge in [0.25, 0.3) is 0 Å². The van der Waals surface area contributed by atoms with Crippen LogP contribution in [0.2, 0.25) is 18.1 Å². The highest BCUT2D eigenvalue weighted by molar-refractivity contribution is 7.04. The number of hydrogen-bond donors (Lipinski definition) is 0. The Balaban J connectivity index is 2.03. The zero-order valence-electron chi connectivity index (χ0n) is 12.7. The molecule has 22 heavy (non-hydrogen) atoms. The van der Waals surface area contributed by atoms with Gasteiger partial charge < -0.3 is 0 Å². The van der Waals surface area contributed by atoms with Gasteiger partial charge in [0.1, 0.15) is 8.07 Å². The molecule has 3 aromatic carbocycles. The molecule has 1 aliphatic rings. The van der Waals surface area contributed by atoms with Crippen LogP contribution in [0.3, 0.4) is 0 Å². The molecule has 0 atom stereocenters. The lowest BCUT2D eigenvalue weighted by atomic mass is 9.99. The second-order valence-corrected chi connectivity index (χ2v) is 11.1. The zero-order valence-corrected chi connectivity index (χ0v) is 14.5. The molecule has 2 heteroatoms. The van der Waals surface area contributed by atoms with Crippen LogP contribution in [0, 0.1) is 0 Å². The second kappa shape index (κ2) is 4.84. The Morgan fingerprint density at radius 2 is 1.36 bits per heavy atom. The van der Waals surface area contributed by atoms with Crippen LogP contribution in [0.15, 0.2) is 66.7 Å². The molecule has 0 fully saturated rings. The maximum absolute atomic E-state index is 6.87. The van der Waals surface area contributed by atoms with Crippen molar-refractivity contribution in [1.82, 2.24) is 0 Å². The SMILES string of the molecule is C[Si]1(C)c2ccccc2-c2c1ccc(-c1ccccc1)c2Cl. The minimum Gasteiger partial charge on any atom is -0.0830 e. The first-order chi connectivity index (χ1) is 10.6. The van der Waals surface area contributed by atoms with Gasteiger partial charge in [0.05, 0.1) is 5.02 Å². The third-order valence-corrected chi connectivity index (χ3v) is 8.71. The molecule has 0 bridgehead atoms. The van der Waals surface area contributed by atoms with Crippen LogP contribution in [0.1, 0.15) is 0 Å². The fourth-order valence-electron chi connectivity index (χ4n) is 3.59. The maximum Gasteiger partial charge on any atom is 0.113 e. The number of benzene rings is 3. The molecule has 1 heterocycles. The molecule has 0 N–H and O–H groups in total. The molecular weight excluding hydrogens is 304 g/mol. The quantitative estimate of drug-likeness (QED) is 0.564. The topological polar surface area (TPSA) is 0 Å². The lowest BCUT2D eigenvalue weighted by Crippen LogP contribution is -2.49. The van der Waals surface area contributed by atoms with Crippen molar-refractivity contribution < 1.29 is 0 Å². The van der Waals surface area contributed by atoms with Crippen molar-refractivity contribution in [2.45, 2.75) is 13.1 Å². The lowest BCUT2D eigenvalue weighted by molar-refractivity contribution is 1.63. The van der Waals surface area contributed by atoms with Crippen LogP contribution in [-0.2, 0) is 0 Å². The first-order valence-corrected chi connectivity index (χ1v) is 11.0. The summed E-state index contributed by atoms with van der Waals surface area (Å²) in [4.78, 5) is 0. The van der Waals surface area contributed by atoms with Gasteiger partial charge in [-0.2, -0.15) is 0 Å². The van der Waals surface area contributed by atoms with Crippen molar-refractivity contribution in [3.63, 3.8) is 0 Å². The third-order valence-electron chi connectivity index (χ3n) is 4.77. The highest BCUT2D eigenvalue weighted by Crippen LogP contribution is 2.39. The van der Waals surface area contributed by atoms with E-state index in [0.717, 1.165) is 10.6 Å². The van der Waals surface area contributed by atoms with Gasteiger partial charge in [-0.05, 0) is 21.5 Å². The van der Waals surface area contributed by atoms with Crippen molar-refractivity contribution >= 4 is 30.0 Å². The zero-order chi connectivity index (χ0) is 15.3. The van der Waals surface area contributed by atoms with Gasteiger partial charge in [-0.3, -0.25) is 0 Å². The molecule has 3 aromatic rings. The molecule has 0 amide bonds. The molecule has 0 nitrogen and oxygen atoms in total. The van der Waals surface area contributed by atoms with Gasteiger partial charge >= 0.3 is 0 Å². The fourth-order valence-corrected chi connectivity index (χ4v) is 7.12. The van der Waals surface area contributed by atoms with E-state index in [1.165, 1.54) is 27.1 Å². The summed E-state index contributed by atoms with van der Waals surface area (Å²) < 4.78 is 0. The van der Waals surface area contributed by atoms with Crippen LogP contribution < -0.4 is 10.4 Å². The van der Waals surface area contributed by atoms with E-state index in [1.807, 2.05) is 6.07 Å². The summed E-state index contributed by atoms with van der Waals surface area (Å²) in [5.74, 6) is 0. The summed E-state index contributed by atoms with van der Waals surface area (Å²) in [6.07, 6.45) is 0. The van der Waals surface area contributed by atoms with Gasteiger partial charge in [-0.25, -0.2) is 0 Å². The van der Waals surface area contributed by atoms with Gasteiger partial charge in [0.2, 0.25) is 0 Å². The molecule has 0 saturated heterocycles. The Kier molecular flexibility index (Phi) is 3.03. The minimum atomic E-state index is -1.62. The largest absolute Gasteiger partial charge is 0.113 e. The molecule has 0 radical (unpaired) electrons. The molecule has 0 saturated carbocycles. The van der Waals surface area contributed by atoms with Crippen molar-refractivity contribution in [2.24, 2.45) is 0 Å². The van der Waals surface area contributed by atoms with Gasteiger partial charge in [-0.1, -0.05) is 91.4 Å². The average molecular weight is 321 g/mol. The molecule has 4 rings (SSSR count). The summed E-state index contributed by atoms with van der Waals surface area (Å²) >= 11 is 6.87. The number of rotatable bonds is 1. The van der Waals surface area contributed by atoms with E-state index in [0.29, 0.717) is 0 Å². The van der Waals surface area contributed by atoms with E-state index in [4.69, 9.17) is 11.6 Å². The van der Waals surface area contributed by atoms with Crippen LogP contribution in [0.4, 0.5) is 0 Å². The summed E-state index contributed by atoms with van der Waals surface area (Å²) in [5, 5.41) is 3.85. The van der Waals surface area contributed by atoms with Crippen molar-refractivity contribution in [3.05, 3.63) is 71.8 Å². The molecular formula is C20H17ClSi. The first kappa shape index (κ1) is 13.8. The first-order valence-electron chi connectivity index (χ1n) is 7.59. The summed E-state index contributed by atoms with van der Waals surface area (Å²) in [7, 11) is -1.62. The summed E-state index contributed by atoms with van der Waals surface area (Å²) in [6.45, 7) is 4.83.